The smallest absolute Gasteiger partial charge is 0.257 e. The van der Waals surface area contributed by atoms with Gasteiger partial charge in [0.2, 0.25) is 0 Å². The number of carbonyl (C=O) groups is 1. The molecule has 0 radical (unpaired) electrons. The highest BCUT2D eigenvalue weighted by Crippen LogP contribution is 2.37. The fraction of sp³-hybridized carbons (Fsp3) is 0.412. The highest BCUT2D eigenvalue weighted by atomic mass is 35.5. The van der Waals surface area contributed by atoms with Gasteiger partial charge < -0.3 is 10.1 Å². The number of hydrogen-bond donors (Lipinski definition) is 1. The van der Waals surface area contributed by atoms with Crippen molar-refractivity contribution in [3.63, 3.8) is 0 Å². The van der Waals surface area contributed by atoms with Crippen LogP contribution in [0.3, 0.4) is 0 Å². The van der Waals surface area contributed by atoms with E-state index in [9.17, 15) is 4.79 Å². The molecule has 1 aromatic carbocycles. The molecule has 4 nitrogen and oxygen atoms in total. The summed E-state index contributed by atoms with van der Waals surface area (Å²) in [7, 11) is 0. The van der Waals surface area contributed by atoms with Gasteiger partial charge in [-0.2, -0.15) is 0 Å². The fourth-order valence-electron chi connectivity index (χ4n) is 2.12. The summed E-state index contributed by atoms with van der Waals surface area (Å²) in [6.07, 6.45) is 0.928. The minimum Gasteiger partial charge on any atom is -0.480 e. The van der Waals surface area contributed by atoms with Gasteiger partial charge >= 0.3 is 0 Å². The Morgan fingerprint density at radius 2 is 2.04 bits per heavy atom. The normalized spacial score (nSPS) is 11.0. The van der Waals surface area contributed by atoms with Crippen molar-refractivity contribution < 1.29 is 9.53 Å². The van der Waals surface area contributed by atoms with Crippen molar-refractivity contribution in [2.75, 3.05) is 13.2 Å². The molecule has 1 heterocycles. The Morgan fingerprint density at radius 3 is 2.74 bits per heavy atom. The molecule has 23 heavy (non-hydrogen) atoms. The van der Waals surface area contributed by atoms with Crippen molar-refractivity contribution in [3.05, 3.63) is 33.9 Å². The lowest BCUT2D eigenvalue weighted by Crippen LogP contribution is -2.30. The lowest BCUT2D eigenvalue weighted by molar-refractivity contribution is -0.123. The summed E-state index contributed by atoms with van der Waals surface area (Å²) < 4.78 is 5.61. The summed E-state index contributed by atoms with van der Waals surface area (Å²) >= 11 is 12.4. The summed E-state index contributed by atoms with van der Waals surface area (Å²) in [6.45, 7) is 6.61. The molecule has 0 saturated heterocycles. The molecule has 0 atom stereocenters. The van der Waals surface area contributed by atoms with Crippen LogP contribution in [0.1, 0.15) is 26.0 Å². The Morgan fingerprint density at radius 1 is 1.30 bits per heavy atom. The number of nitrogens with one attached hydrogen (secondary N) is 1. The lowest BCUT2D eigenvalue weighted by atomic mass is 10.1. The van der Waals surface area contributed by atoms with Crippen LogP contribution in [0.25, 0.3) is 10.9 Å². The zero-order valence-corrected chi connectivity index (χ0v) is 15.0. The lowest BCUT2D eigenvalue weighted by Gasteiger charge is -2.12. The van der Waals surface area contributed by atoms with Gasteiger partial charge in [-0.3, -0.25) is 4.79 Å². The van der Waals surface area contributed by atoms with E-state index in [1.807, 2.05) is 19.1 Å². The number of benzene rings is 1. The van der Waals surface area contributed by atoms with Crippen molar-refractivity contribution in [2.24, 2.45) is 5.92 Å². The summed E-state index contributed by atoms with van der Waals surface area (Å²) in [5, 5.41) is 4.42. The molecule has 0 unspecified atom stereocenters. The summed E-state index contributed by atoms with van der Waals surface area (Å²) in [5.41, 5.74) is 1.39. The minimum absolute atomic E-state index is 0.107. The van der Waals surface area contributed by atoms with Gasteiger partial charge in [0.05, 0.1) is 10.0 Å². The molecule has 2 rings (SSSR count). The van der Waals surface area contributed by atoms with E-state index in [-0.39, 0.29) is 12.5 Å². The van der Waals surface area contributed by atoms with Gasteiger partial charge in [-0.05, 0) is 37.5 Å². The second-order valence-electron chi connectivity index (χ2n) is 5.84. The second-order valence-corrected chi connectivity index (χ2v) is 6.65. The van der Waals surface area contributed by atoms with Crippen LogP contribution in [-0.2, 0) is 4.79 Å². The molecule has 0 spiro atoms. The average Bonchev–Trinajstić information content (AvgIpc) is 2.46. The molecule has 0 fully saturated rings. The summed E-state index contributed by atoms with van der Waals surface area (Å²) in [5.74, 6) is 0.740. The Bertz CT molecular complexity index is 717. The van der Waals surface area contributed by atoms with Crippen LogP contribution in [0.5, 0.6) is 5.75 Å². The number of nitrogens with zero attached hydrogens (tertiary/aromatic N) is 1. The molecule has 124 valence electrons. The van der Waals surface area contributed by atoms with Crippen LogP contribution in [0, 0.1) is 12.8 Å². The molecule has 1 N–H and O–H groups in total. The van der Waals surface area contributed by atoms with E-state index in [0.29, 0.717) is 33.8 Å². The average molecular weight is 355 g/mol. The van der Waals surface area contributed by atoms with Crippen LogP contribution < -0.4 is 10.1 Å². The van der Waals surface area contributed by atoms with E-state index in [0.717, 1.165) is 17.5 Å². The van der Waals surface area contributed by atoms with E-state index >= 15 is 0 Å². The molecular weight excluding hydrogens is 335 g/mol. The van der Waals surface area contributed by atoms with Gasteiger partial charge in [-0.15, -0.1) is 0 Å². The van der Waals surface area contributed by atoms with Crippen molar-refractivity contribution >= 4 is 40.0 Å². The third-order valence-electron chi connectivity index (χ3n) is 3.37. The molecule has 0 bridgehead atoms. The van der Waals surface area contributed by atoms with Gasteiger partial charge in [0.1, 0.15) is 5.52 Å². The zero-order valence-electron chi connectivity index (χ0n) is 13.5. The summed E-state index contributed by atoms with van der Waals surface area (Å²) in [4.78, 5) is 16.3. The van der Waals surface area contributed by atoms with Crippen LogP contribution in [-0.4, -0.2) is 24.0 Å². The number of rotatable bonds is 6. The Labute approximate surface area is 146 Å². The van der Waals surface area contributed by atoms with Crippen LogP contribution in [0.4, 0.5) is 0 Å². The van der Waals surface area contributed by atoms with Gasteiger partial charge in [0.25, 0.3) is 5.91 Å². The predicted molar refractivity (Wildman–Crippen MR) is 94.5 cm³/mol. The number of pyridine rings is 1. The zero-order chi connectivity index (χ0) is 17.0. The number of fused-ring (bicyclic) bond motifs is 1. The monoisotopic (exact) mass is 354 g/mol. The van der Waals surface area contributed by atoms with Gasteiger partial charge in [0.15, 0.2) is 12.4 Å². The van der Waals surface area contributed by atoms with Gasteiger partial charge in [-0.25, -0.2) is 4.98 Å². The van der Waals surface area contributed by atoms with Crippen molar-refractivity contribution in [1.29, 1.82) is 0 Å². The molecule has 0 aliphatic heterocycles. The maximum absolute atomic E-state index is 11.9. The highest BCUT2D eigenvalue weighted by molar-refractivity contribution is 6.39. The second kappa shape index (κ2) is 7.84. The first kappa shape index (κ1) is 17.8. The van der Waals surface area contributed by atoms with E-state index in [1.54, 1.807) is 6.07 Å². The number of amides is 1. The first-order valence-corrected chi connectivity index (χ1v) is 8.29. The number of aryl methyl sites for hydroxylation is 1. The minimum atomic E-state index is -0.183. The third kappa shape index (κ3) is 4.72. The maximum Gasteiger partial charge on any atom is 0.257 e. The molecule has 6 heteroatoms. The predicted octanol–water partition coefficient (Wildman–Crippen LogP) is 4.39. The number of aromatic nitrogens is 1. The van der Waals surface area contributed by atoms with E-state index < -0.39 is 0 Å². The largest absolute Gasteiger partial charge is 0.480 e. The van der Waals surface area contributed by atoms with Crippen molar-refractivity contribution in [3.8, 4) is 5.75 Å². The number of carbonyl (C=O) groups excluding carboxylic acids is 1. The molecule has 0 aliphatic carbocycles. The number of ether oxygens (including phenoxy) is 1. The van der Waals surface area contributed by atoms with Gasteiger partial charge in [-0.1, -0.05) is 37.0 Å². The molecule has 0 aliphatic rings. The molecule has 0 saturated carbocycles. The third-order valence-corrected chi connectivity index (χ3v) is 3.96. The van der Waals surface area contributed by atoms with Gasteiger partial charge in [0, 0.05) is 17.6 Å². The quantitative estimate of drug-likeness (QED) is 0.836. The maximum atomic E-state index is 11.9. The fourth-order valence-corrected chi connectivity index (χ4v) is 2.69. The first-order valence-electron chi connectivity index (χ1n) is 7.53. The van der Waals surface area contributed by atoms with Crippen molar-refractivity contribution in [2.45, 2.75) is 27.2 Å². The van der Waals surface area contributed by atoms with Crippen molar-refractivity contribution in [1.82, 2.24) is 10.3 Å². The Balaban J connectivity index is 2.13. The SMILES string of the molecule is Cc1ccc2c(Cl)cc(Cl)c(OCC(=O)NCCC(C)C)c2n1. The standard InChI is InChI=1S/C17H20Cl2N2O2/c1-10(2)6-7-20-15(22)9-23-17-14(19)8-13(18)12-5-4-11(3)21-16(12)17/h4-5,8,10H,6-7,9H2,1-3H3,(H,20,22). The van der Waals surface area contributed by atoms with Crippen LogP contribution in [0.2, 0.25) is 10.0 Å². The van der Waals surface area contributed by atoms with E-state index in [4.69, 9.17) is 27.9 Å². The number of halogens is 2. The Hall–Kier alpha value is -1.52. The van der Waals surface area contributed by atoms with E-state index in [1.165, 1.54) is 0 Å². The Kier molecular flexibility index (Phi) is 6.08. The van der Waals surface area contributed by atoms with E-state index in [2.05, 4.69) is 24.1 Å². The highest BCUT2D eigenvalue weighted by Gasteiger charge is 2.14. The first-order chi connectivity index (χ1) is 10.9. The molecule has 2 aromatic rings. The molecule has 1 aromatic heterocycles. The van der Waals surface area contributed by atoms with Crippen LogP contribution >= 0.6 is 23.2 Å². The molecular formula is C17H20Cl2N2O2. The number of hydrogen-bond acceptors (Lipinski definition) is 3. The van der Waals surface area contributed by atoms with Crippen LogP contribution in [0.15, 0.2) is 18.2 Å². The molecule has 1 amide bonds. The summed E-state index contributed by atoms with van der Waals surface area (Å²) in [6, 6.07) is 5.34. The topological polar surface area (TPSA) is 51.2 Å².